The predicted octanol–water partition coefficient (Wildman–Crippen LogP) is -3.30. The summed E-state index contributed by atoms with van der Waals surface area (Å²) in [6.07, 6.45) is -0.160. The molecule has 0 saturated carbocycles. The lowest BCUT2D eigenvalue weighted by molar-refractivity contribution is 0.0343. The number of hydrogen-bond donors (Lipinski definition) is 5. The standard InChI is InChI=1S/C8H19NO6S/c1-16(14,15)3-7(13)2-9-8(4-10,5-11)6-12/h7,9-13H,2-6H2,1H3. The molecule has 0 aromatic rings. The lowest BCUT2D eigenvalue weighted by Crippen LogP contribution is -2.57. The van der Waals surface area contributed by atoms with E-state index in [4.69, 9.17) is 15.3 Å². The maximum absolute atomic E-state index is 10.8. The van der Waals surface area contributed by atoms with E-state index in [1.807, 2.05) is 0 Å². The third-order valence-electron chi connectivity index (χ3n) is 2.12. The summed E-state index contributed by atoms with van der Waals surface area (Å²) in [5.41, 5.74) is -1.31. The van der Waals surface area contributed by atoms with Gasteiger partial charge in [0.15, 0.2) is 0 Å². The first-order valence-electron chi connectivity index (χ1n) is 4.72. The van der Waals surface area contributed by atoms with E-state index in [2.05, 4.69) is 5.32 Å². The molecule has 98 valence electrons. The molecular weight excluding hydrogens is 238 g/mol. The number of β-amino-alcohol motifs (C(OH)–C–C–N with tert-alkyl or cyclic N) is 1. The van der Waals surface area contributed by atoms with Crippen LogP contribution in [0.2, 0.25) is 0 Å². The van der Waals surface area contributed by atoms with E-state index in [1.165, 1.54) is 0 Å². The van der Waals surface area contributed by atoms with Crippen molar-refractivity contribution >= 4 is 9.84 Å². The Bertz CT molecular complexity index is 279. The summed E-state index contributed by atoms with van der Waals surface area (Å²) in [5, 5.41) is 38.7. The first-order valence-corrected chi connectivity index (χ1v) is 6.78. The van der Waals surface area contributed by atoms with Crippen LogP contribution in [0.25, 0.3) is 0 Å². The number of aliphatic hydroxyl groups is 4. The van der Waals surface area contributed by atoms with Crippen molar-refractivity contribution in [2.24, 2.45) is 0 Å². The lowest BCUT2D eigenvalue weighted by Gasteiger charge is -2.29. The van der Waals surface area contributed by atoms with E-state index in [9.17, 15) is 13.5 Å². The quantitative estimate of drug-likeness (QED) is 0.308. The Morgan fingerprint density at radius 1 is 1.19 bits per heavy atom. The van der Waals surface area contributed by atoms with Gasteiger partial charge in [-0.2, -0.15) is 0 Å². The van der Waals surface area contributed by atoms with E-state index >= 15 is 0 Å². The summed E-state index contributed by atoms with van der Waals surface area (Å²) in [5.74, 6) is -0.418. The molecule has 0 aromatic carbocycles. The summed E-state index contributed by atoms with van der Waals surface area (Å²) in [6, 6.07) is 0. The van der Waals surface area contributed by atoms with Crippen LogP contribution in [-0.2, 0) is 9.84 Å². The van der Waals surface area contributed by atoms with Crippen LogP contribution in [0, 0.1) is 0 Å². The van der Waals surface area contributed by atoms with E-state index in [-0.39, 0.29) is 6.54 Å². The summed E-state index contributed by atoms with van der Waals surface area (Å²) in [4.78, 5) is 0. The van der Waals surface area contributed by atoms with Crippen LogP contribution in [0.3, 0.4) is 0 Å². The molecule has 0 aliphatic heterocycles. The second-order valence-corrected chi connectivity index (χ2v) is 6.07. The van der Waals surface area contributed by atoms with Gasteiger partial charge in [-0.05, 0) is 0 Å². The van der Waals surface area contributed by atoms with Gasteiger partial charge in [0.2, 0.25) is 0 Å². The second kappa shape index (κ2) is 6.48. The zero-order chi connectivity index (χ0) is 12.8. The average Bonchev–Trinajstić information content (AvgIpc) is 2.18. The van der Waals surface area contributed by atoms with Gasteiger partial charge >= 0.3 is 0 Å². The molecule has 0 aliphatic rings. The Morgan fingerprint density at radius 3 is 1.94 bits per heavy atom. The largest absolute Gasteiger partial charge is 0.394 e. The fraction of sp³-hybridized carbons (Fsp3) is 1.00. The molecule has 0 fully saturated rings. The van der Waals surface area contributed by atoms with Crippen LogP contribution >= 0.6 is 0 Å². The minimum absolute atomic E-state index is 0.144. The molecule has 7 nitrogen and oxygen atoms in total. The van der Waals surface area contributed by atoms with Gasteiger partial charge in [0.05, 0.1) is 37.2 Å². The highest BCUT2D eigenvalue weighted by molar-refractivity contribution is 7.90. The highest BCUT2D eigenvalue weighted by Gasteiger charge is 2.28. The minimum Gasteiger partial charge on any atom is -0.394 e. The monoisotopic (exact) mass is 257 g/mol. The van der Waals surface area contributed by atoms with Crippen molar-refractivity contribution in [3.8, 4) is 0 Å². The van der Waals surface area contributed by atoms with Crippen molar-refractivity contribution in [2.45, 2.75) is 11.6 Å². The van der Waals surface area contributed by atoms with Gasteiger partial charge in [-0.1, -0.05) is 0 Å². The highest BCUT2D eigenvalue weighted by atomic mass is 32.2. The Morgan fingerprint density at radius 2 is 1.62 bits per heavy atom. The van der Waals surface area contributed by atoms with Gasteiger partial charge in [-0.3, -0.25) is 0 Å². The SMILES string of the molecule is CS(=O)(=O)CC(O)CNC(CO)(CO)CO. The maximum Gasteiger partial charge on any atom is 0.150 e. The zero-order valence-corrected chi connectivity index (χ0v) is 9.94. The molecular formula is C8H19NO6S. The number of hydrogen-bond acceptors (Lipinski definition) is 7. The smallest absolute Gasteiger partial charge is 0.150 e. The molecule has 5 N–H and O–H groups in total. The predicted molar refractivity (Wildman–Crippen MR) is 57.7 cm³/mol. The first-order chi connectivity index (χ1) is 7.28. The normalized spacial score (nSPS) is 15.1. The molecule has 1 unspecified atom stereocenters. The number of nitrogens with one attached hydrogen (secondary N) is 1. The van der Waals surface area contributed by atoms with Crippen LogP contribution < -0.4 is 5.32 Å². The van der Waals surface area contributed by atoms with Crippen molar-refractivity contribution in [3.63, 3.8) is 0 Å². The Kier molecular flexibility index (Phi) is 6.38. The molecule has 0 aromatic heterocycles. The van der Waals surface area contributed by atoms with E-state index < -0.39 is 47.1 Å². The molecule has 8 heteroatoms. The highest BCUT2D eigenvalue weighted by Crippen LogP contribution is 2.02. The molecule has 16 heavy (non-hydrogen) atoms. The molecule has 0 bridgehead atoms. The van der Waals surface area contributed by atoms with Crippen molar-refractivity contribution in [2.75, 3.05) is 38.4 Å². The van der Waals surface area contributed by atoms with Crippen molar-refractivity contribution in [3.05, 3.63) is 0 Å². The Balaban J connectivity index is 4.21. The summed E-state index contributed by atoms with van der Waals surface area (Å²) < 4.78 is 21.7. The third-order valence-corrected chi connectivity index (χ3v) is 3.11. The van der Waals surface area contributed by atoms with Gasteiger partial charge < -0.3 is 25.7 Å². The summed E-state index contributed by atoms with van der Waals surface area (Å²) in [7, 11) is -3.29. The van der Waals surface area contributed by atoms with E-state index in [0.717, 1.165) is 6.26 Å². The van der Waals surface area contributed by atoms with Crippen molar-refractivity contribution in [1.82, 2.24) is 5.32 Å². The Hall–Kier alpha value is -0.250. The van der Waals surface area contributed by atoms with Gasteiger partial charge in [0.25, 0.3) is 0 Å². The fourth-order valence-corrected chi connectivity index (χ4v) is 1.88. The molecule has 0 spiro atoms. The number of sulfone groups is 1. The zero-order valence-electron chi connectivity index (χ0n) is 9.13. The molecule has 0 amide bonds. The van der Waals surface area contributed by atoms with Gasteiger partial charge in [-0.25, -0.2) is 8.42 Å². The number of rotatable bonds is 8. The van der Waals surface area contributed by atoms with Gasteiger partial charge in [0, 0.05) is 12.8 Å². The van der Waals surface area contributed by atoms with Gasteiger partial charge in [0.1, 0.15) is 9.84 Å². The molecule has 0 heterocycles. The minimum atomic E-state index is -3.29. The molecule has 1 atom stereocenters. The van der Waals surface area contributed by atoms with Crippen molar-refractivity contribution in [1.29, 1.82) is 0 Å². The van der Waals surface area contributed by atoms with Crippen LogP contribution in [0.4, 0.5) is 0 Å². The lowest BCUT2D eigenvalue weighted by atomic mass is 10.0. The average molecular weight is 257 g/mol. The maximum atomic E-state index is 10.8. The van der Waals surface area contributed by atoms with Crippen LogP contribution in [0.5, 0.6) is 0 Å². The third kappa shape index (κ3) is 5.73. The topological polar surface area (TPSA) is 127 Å². The van der Waals surface area contributed by atoms with E-state index in [1.54, 1.807) is 0 Å². The van der Waals surface area contributed by atoms with Crippen LogP contribution in [-0.4, -0.2) is 78.9 Å². The second-order valence-electron chi connectivity index (χ2n) is 3.88. The van der Waals surface area contributed by atoms with Crippen molar-refractivity contribution < 1.29 is 28.8 Å². The summed E-state index contributed by atoms with van der Waals surface area (Å²) >= 11 is 0. The first kappa shape index (κ1) is 15.8. The molecule has 0 rings (SSSR count). The summed E-state index contributed by atoms with van der Waals surface area (Å²) in [6.45, 7) is -1.71. The fourth-order valence-electron chi connectivity index (χ4n) is 1.06. The Labute approximate surface area is 94.6 Å². The molecule has 0 aliphatic carbocycles. The molecule has 0 saturated heterocycles. The van der Waals surface area contributed by atoms with Crippen LogP contribution in [0.15, 0.2) is 0 Å². The van der Waals surface area contributed by atoms with Crippen LogP contribution in [0.1, 0.15) is 0 Å². The van der Waals surface area contributed by atoms with Gasteiger partial charge in [-0.15, -0.1) is 0 Å². The number of aliphatic hydroxyl groups excluding tert-OH is 4. The van der Waals surface area contributed by atoms with E-state index in [0.29, 0.717) is 0 Å². The molecule has 0 radical (unpaired) electrons.